The molecule has 0 aliphatic carbocycles. The molecule has 3 aliphatic rings. The van der Waals surface area contributed by atoms with Crippen LogP contribution in [0.1, 0.15) is 65.0 Å². The molecule has 4 atom stereocenters. The number of ether oxygens (including phenoxy) is 4. The minimum Gasteiger partial charge on any atom is -0.473 e. The van der Waals surface area contributed by atoms with E-state index in [9.17, 15) is 0 Å². The van der Waals surface area contributed by atoms with Gasteiger partial charge in [0.05, 0.1) is 11.9 Å². The fraction of sp³-hybridized carbons (Fsp3) is 0.552. The van der Waals surface area contributed by atoms with Crippen molar-refractivity contribution in [2.24, 2.45) is 0 Å². The molecule has 3 saturated heterocycles. The van der Waals surface area contributed by atoms with Crippen molar-refractivity contribution >= 4 is 0 Å². The average Bonchev–Trinajstić information content (AvgIpc) is 3.50. The SMILES string of the molecule is COCOc1cc(-c2cnn(C3CCCCO3)c2)ccc1-c1ccc(OC2C[C@]3(C)CC[C@](C)(C2)N3)nn1. The molecule has 2 aromatic heterocycles. The number of piperidine rings is 1. The van der Waals surface area contributed by atoms with Gasteiger partial charge in [-0.05, 0) is 69.7 Å². The summed E-state index contributed by atoms with van der Waals surface area (Å²) in [6.07, 6.45) is 11.6. The van der Waals surface area contributed by atoms with Crippen LogP contribution in [0.3, 0.4) is 0 Å². The van der Waals surface area contributed by atoms with Gasteiger partial charge in [0.2, 0.25) is 5.88 Å². The first-order chi connectivity index (χ1) is 18.4. The van der Waals surface area contributed by atoms with Crippen LogP contribution >= 0.6 is 0 Å². The van der Waals surface area contributed by atoms with Gasteiger partial charge in [-0.1, -0.05) is 6.07 Å². The van der Waals surface area contributed by atoms with Gasteiger partial charge in [-0.25, -0.2) is 4.68 Å². The Morgan fingerprint density at radius 1 is 1.05 bits per heavy atom. The maximum absolute atomic E-state index is 6.30. The number of methoxy groups -OCH3 is 1. The number of benzene rings is 1. The monoisotopic (exact) mass is 519 g/mol. The third-order valence-corrected chi connectivity index (χ3v) is 8.09. The minimum absolute atomic E-state index is 0.00254. The molecule has 2 unspecified atom stereocenters. The highest BCUT2D eigenvalue weighted by atomic mass is 16.7. The highest BCUT2D eigenvalue weighted by Crippen LogP contribution is 2.43. The van der Waals surface area contributed by atoms with Crippen molar-refractivity contribution < 1.29 is 18.9 Å². The van der Waals surface area contributed by atoms with Crippen molar-refractivity contribution in [3.63, 3.8) is 0 Å². The molecule has 9 heteroatoms. The first-order valence-corrected chi connectivity index (χ1v) is 13.6. The van der Waals surface area contributed by atoms with Gasteiger partial charge < -0.3 is 24.3 Å². The van der Waals surface area contributed by atoms with Gasteiger partial charge in [0.25, 0.3) is 0 Å². The number of fused-ring (bicyclic) bond motifs is 2. The second-order valence-electron chi connectivity index (χ2n) is 11.4. The van der Waals surface area contributed by atoms with E-state index in [1.807, 2.05) is 41.3 Å². The van der Waals surface area contributed by atoms with Crippen LogP contribution in [0.2, 0.25) is 0 Å². The fourth-order valence-corrected chi connectivity index (χ4v) is 6.30. The summed E-state index contributed by atoms with van der Waals surface area (Å²) in [5.74, 6) is 1.23. The van der Waals surface area contributed by atoms with Crippen LogP contribution in [-0.2, 0) is 9.47 Å². The maximum atomic E-state index is 6.30. The second kappa shape index (κ2) is 10.3. The Kier molecular flexibility index (Phi) is 6.84. The van der Waals surface area contributed by atoms with Crippen molar-refractivity contribution in [3.8, 4) is 34.0 Å². The largest absolute Gasteiger partial charge is 0.473 e. The van der Waals surface area contributed by atoms with Gasteiger partial charge in [-0.3, -0.25) is 0 Å². The summed E-state index contributed by atoms with van der Waals surface area (Å²) in [4.78, 5) is 0. The number of hydrogen-bond donors (Lipinski definition) is 1. The quantitative estimate of drug-likeness (QED) is 0.410. The lowest BCUT2D eigenvalue weighted by Crippen LogP contribution is -2.56. The highest BCUT2D eigenvalue weighted by molar-refractivity contribution is 5.74. The molecule has 1 aromatic carbocycles. The molecule has 3 aliphatic heterocycles. The van der Waals surface area contributed by atoms with E-state index in [1.54, 1.807) is 7.11 Å². The van der Waals surface area contributed by atoms with Crippen molar-refractivity contribution in [1.29, 1.82) is 0 Å². The summed E-state index contributed by atoms with van der Waals surface area (Å²) in [5.41, 5.74) is 3.83. The van der Waals surface area contributed by atoms with Crippen LogP contribution in [0.5, 0.6) is 11.6 Å². The molecule has 0 radical (unpaired) electrons. The number of nitrogens with one attached hydrogen (secondary N) is 1. The van der Waals surface area contributed by atoms with E-state index in [4.69, 9.17) is 18.9 Å². The number of aromatic nitrogens is 4. The smallest absolute Gasteiger partial charge is 0.233 e. The van der Waals surface area contributed by atoms with Crippen LogP contribution in [-0.4, -0.2) is 57.7 Å². The molecule has 3 aromatic rings. The van der Waals surface area contributed by atoms with Crippen LogP contribution in [0.4, 0.5) is 0 Å². The zero-order valence-corrected chi connectivity index (χ0v) is 22.5. The van der Waals surface area contributed by atoms with Gasteiger partial charge in [0.1, 0.15) is 18.1 Å². The maximum Gasteiger partial charge on any atom is 0.233 e. The molecule has 0 spiro atoms. The molecule has 0 amide bonds. The standard InChI is InChI=1S/C29H37N5O4/c1-28-11-12-29(2,33-28)16-22(15-28)38-26-10-9-24(31-32-26)23-8-7-20(14-25(23)37-19-35-3)21-17-30-34(18-21)27-6-4-5-13-36-27/h7-10,14,17-18,22,27,33H,4-6,11-13,15-16,19H2,1-3H3/t22?,27?,28-,29+. The highest BCUT2D eigenvalue weighted by Gasteiger charge is 2.49. The Morgan fingerprint density at radius 3 is 2.61 bits per heavy atom. The molecular weight excluding hydrogens is 482 g/mol. The summed E-state index contributed by atoms with van der Waals surface area (Å²) in [6, 6.07) is 9.89. The fourth-order valence-electron chi connectivity index (χ4n) is 6.30. The second-order valence-corrected chi connectivity index (χ2v) is 11.4. The Labute approximate surface area is 223 Å². The molecule has 6 rings (SSSR count). The first-order valence-electron chi connectivity index (χ1n) is 13.6. The molecule has 3 fully saturated rings. The van der Waals surface area contributed by atoms with E-state index in [1.165, 1.54) is 12.8 Å². The molecular formula is C29H37N5O4. The Hall–Kier alpha value is -3.01. The molecule has 202 valence electrons. The predicted octanol–water partition coefficient (Wildman–Crippen LogP) is 5.13. The summed E-state index contributed by atoms with van der Waals surface area (Å²) in [6.45, 7) is 5.50. The lowest BCUT2D eigenvalue weighted by Gasteiger charge is -2.41. The van der Waals surface area contributed by atoms with E-state index in [2.05, 4.69) is 40.5 Å². The van der Waals surface area contributed by atoms with Gasteiger partial charge in [-0.2, -0.15) is 5.10 Å². The summed E-state index contributed by atoms with van der Waals surface area (Å²) < 4.78 is 25.2. The molecule has 0 saturated carbocycles. The third-order valence-electron chi connectivity index (χ3n) is 8.09. The lowest BCUT2D eigenvalue weighted by molar-refractivity contribution is -0.0394. The Balaban J connectivity index is 1.20. The van der Waals surface area contributed by atoms with Gasteiger partial charge >= 0.3 is 0 Å². The van der Waals surface area contributed by atoms with E-state index >= 15 is 0 Å². The van der Waals surface area contributed by atoms with Crippen LogP contribution < -0.4 is 14.8 Å². The third kappa shape index (κ3) is 5.28. The van der Waals surface area contributed by atoms with Crippen molar-refractivity contribution in [1.82, 2.24) is 25.3 Å². The van der Waals surface area contributed by atoms with E-state index in [0.29, 0.717) is 17.3 Å². The number of nitrogens with zero attached hydrogens (tertiary/aromatic N) is 4. The minimum atomic E-state index is 0.00254. The van der Waals surface area contributed by atoms with Crippen LogP contribution in [0.25, 0.3) is 22.4 Å². The Morgan fingerprint density at radius 2 is 1.89 bits per heavy atom. The predicted molar refractivity (Wildman–Crippen MR) is 143 cm³/mol. The normalized spacial score (nSPS) is 28.8. The van der Waals surface area contributed by atoms with E-state index in [-0.39, 0.29) is 30.2 Å². The molecule has 5 heterocycles. The van der Waals surface area contributed by atoms with Crippen molar-refractivity contribution in [2.75, 3.05) is 20.5 Å². The zero-order chi connectivity index (χ0) is 26.2. The number of rotatable bonds is 8. The lowest BCUT2D eigenvalue weighted by atomic mass is 9.86. The zero-order valence-electron chi connectivity index (χ0n) is 22.5. The molecule has 2 bridgehead atoms. The Bertz CT molecular complexity index is 1240. The van der Waals surface area contributed by atoms with Crippen LogP contribution in [0, 0.1) is 0 Å². The van der Waals surface area contributed by atoms with E-state index in [0.717, 1.165) is 55.4 Å². The first kappa shape index (κ1) is 25.3. The number of hydrogen-bond acceptors (Lipinski definition) is 8. The van der Waals surface area contributed by atoms with Gasteiger partial charge in [0.15, 0.2) is 6.79 Å². The van der Waals surface area contributed by atoms with Crippen LogP contribution in [0.15, 0.2) is 42.7 Å². The average molecular weight is 520 g/mol. The molecule has 1 N–H and O–H groups in total. The molecule has 38 heavy (non-hydrogen) atoms. The van der Waals surface area contributed by atoms with Crippen molar-refractivity contribution in [2.45, 2.75) is 82.2 Å². The molecule has 9 nitrogen and oxygen atoms in total. The van der Waals surface area contributed by atoms with Gasteiger partial charge in [-0.15, -0.1) is 10.2 Å². The summed E-state index contributed by atoms with van der Waals surface area (Å²) in [7, 11) is 1.61. The summed E-state index contributed by atoms with van der Waals surface area (Å²) in [5, 5.41) is 17.3. The van der Waals surface area contributed by atoms with Crippen molar-refractivity contribution in [3.05, 3.63) is 42.7 Å². The van der Waals surface area contributed by atoms with E-state index < -0.39 is 0 Å². The topological polar surface area (TPSA) is 92.6 Å². The van der Waals surface area contributed by atoms with Gasteiger partial charge in [0, 0.05) is 61.0 Å². The summed E-state index contributed by atoms with van der Waals surface area (Å²) >= 11 is 0.